The van der Waals surface area contributed by atoms with Crippen LogP contribution in [0.5, 0.6) is 0 Å². The highest BCUT2D eigenvalue weighted by Gasteiger charge is 2.25. The van der Waals surface area contributed by atoms with Crippen LogP contribution in [0.1, 0.15) is 6.42 Å². The van der Waals surface area contributed by atoms with E-state index in [-0.39, 0.29) is 0 Å². The van der Waals surface area contributed by atoms with Crippen LogP contribution in [0.15, 0.2) is 23.7 Å². The second-order valence-corrected chi connectivity index (χ2v) is 3.67. The van der Waals surface area contributed by atoms with Crippen LogP contribution in [0.4, 0.5) is 0 Å². The van der Waals surface area contributed by atoms with Crippen LogP contribution < -0.4 is 0 Å². The molecule has 1 rings (SSSR count). The molecular weight excluding hydrogens is 147 g/mol. The minimum absolute atomic E-state index is 0.444. The summed E-state index contributed by atoms with van der Waals surface area (Å²) in [6, 6.07) is 0. The average molecular weight is 164 g/mol. The van der Waals surface area contributed by atoms with E-state index in [0.717, 1.165) is 6.42 Å². The third-order valence-electron chi connectivity index (χ3n) is 2.11. The number of nitrogens with zero attached hydrogens (tertiary/aromatic N) is 2. The van der Waals surface area contributed by atoms with E-state index in [4.69, 9.17) is 0 Å². The van der Waals surface area contributed by atoms with Crippen molar-refractivity contribution in [2.75, 3.05) is 28.2 Å². The molecular formula is C9H17BN2. The molecule has 0 aromatic carbocycles. The van der Waals surface area contributed by atoms with Crippen molar-refractivity contribution in [2.24, 2.45) is 0 Å². The van der Waals surface area contributed by atoms with Gasteiger partial charge in [-0.25, -0.2) is 0 Å². The Morgan fingerprint density at radius 1 is 1.17 bits per heavy atom. The first-order valence-corrected chi connectivity index (χ1v) is 4.31. The first-order valence-electron chi connectivity index (χ1n) is 4.31. The highest BCUT2D eigenvalue weighted by Crippen LogP contribution is 2.15. The summed E-state index contributed by atoms with van der Waals surface area (Å²) in [6.07, 6.45) is 7.65. The molecule has 0 heterocycles. The van der Waals surface area contributed by atoms with Crippen molar-refractivity contribution < 1.29 is 0 Å². The third kappa shape index (κ3) is 1.99. The lowest BCUT2D eigenvalue weighted by Gasteiger charge is -2.27. The Morgan fingerprint density at radius 2 is 1.75 bits per heavy atom. The van der Waals surface area contributed by atoms with Crippen LogP contribution in [0.25, 0.3) is 0 Å². The molecule has 0 spiro atoms. The minimum atomic E-state index is 0.444. The molecule has 0 saturated carbocycles. The zero-order valence-corrected chi connectivity index (χ0v) is 8.41. The monoisotopic (exact) mass is 164 g/mol. The normalized spacial score (nSPS) is 16.0. The molecule has 0 aromatic heterocycles. The standard InChI is InChI=1S/C9H17BN2/c1-11(2)10(12(3)4)9-7-5-6-8-9/h5-7H,8H2,1-4H3. The Labute approximate surface area is 75.7 Å². The van der Waals surface area contributed by atoms with Crippen LogP contribution in [-0.4, -0.2) is 44.8 Å². The van der Waals surface area contributed by atoms with Gasteiger partial charge in [0.05, 0.1) is 0 Å². The van der Waals surface area contributed by atoms with Gasteiger partial charge in [-0.1, -0.05) is 23.7 Å². The topological polar surface area (TPSA) is 6.48 Å². The van der Waals surface area contributed by atoms with E-state index in [9.17, 15) is 0 Å². The molecule has 0 bridgehead atoms. The fourth-order valence-electron chi connectivity index (χ4n) is 1.78. The van der Waals surface area contributed by atoms with Gasteiger partial charge in [0.1, 0.15) is 0 Å². The van der Waals surface area contributed by atoms with E-state index in [2.05, 4.69) is 56.0 Å². The minimum Gasteiger partial charge on any atom is -0.330 e. The molecule has 66 valence electrons. The maximum Gasteiger partial charge on any atom is 0.341 e. The number of hydrogen-bond donors (Lipinski definition) is 0. The Balaban J connectivity index is 2.66. The SMILES string of the molecule is CN(C)B(C1=CC=CC1)N(C)C. The summed E-state index contributed by atoms with van der Waals surface area (Å²) in [5.74, 6) is 0. The van der Waals surface area contributed by atoms with Gasteiger partial charge in [-0.2, -0.15) is 0 Å². The van der Waals surface area contributed by atoms with Crippen LogP contribution in [-0.2, 0) is 0 Å². The van der Waals surface area contributed by atoms with E-state index in [1.54, 1.807) is 0 Å². The fourth-order valence-corrected chi connectivity index (χ4v) is 1.78. The van der Waals surface area contributed by atoms with Crippen LogP contribution >= 0.6 is 0 Å². The zero-order valence-electron chi connectivity index (χ0n) is 8.41. The van der Waals surface area contributed by atoms with E-state index in [0.29, 0.717) is 6.98 Å². The van der Waals surface area contributed by atoms with Crippen LogP contribution in [0, 0.1) is 0 Å². The van der Waals surface area contributed by atoms with Gasteiger partial charge >= 0.3 is 6.98 Å². The molecule has 0 aliphatic heterocycles. The molecule has 1 aliphatic rings. The number of hydrogen-bond acceptors (Lipinski definition) is 2. The summed E-state index contributed by atoms with van der Waals surface area (Å²) in [5, 5.41) is 0. The van der Waals surface area contributed by atoms with E-state index < -0.39 is 0 Å². The van der Waals surface area contributed by atoms with Gasteiger partial charge in [-0.05, 0) is 34.6 Å². The van der Waals surface area contributed by atoms with Crippen molar-refractivity contribution in [3.8, 4) is 0 Å². The lowest BCUT2D eigenvalue weighted by Crippen LogP contribution is -2.47. The summed E-state index contributed by atoms with van der Waals surface area (Å²) >= 11 is 0. The Bertz CT molecular complexity index is 199. The van der Waals surface area contributed by atoms with Gasteiger partial charge in [-0.3, -0.25) is 0 Å². The molecule has 0 amide bonds. The molecule has 0 aromatic rings. The molecule has 0 N–H and O–H groups in total. The molecule has 0 radical (unpaired) electrons. The zero-order chi connectivity index (χ0) is 9.14. The van der Waals surface area contributed by atoms with Gasteiger partial charge < -0.3 is 9.62 Å². The largest absolute Gasteiger partial charge is 0.341 e. The van der Waals surface area contributed by atoms with Crippen LogP contribution in [0.3, 0.4) is 0 Å². The van der Waals surface area contributed by atoms with E-state index in [1.165, 1.54) is 5.47 Å². The summed E-state index contributed by atoms with van der Waals surface area (Å²) in [5.41, 5.74) is 1.48. The van der Waals surface area contributed by atoms with E-state index in [1.807, 2.05) is 0 Å². The van der Waals surface area contributed by atoms with Gasteiger partial charge in [0.15, 0.2) is 0 Å². The molecule has 12 heavy (non-hydrogen) atoms. The van der Waals surface area contributed by atoms with Crippen molar-refractivity contribution in [3.63, 3.8) is 0 Å². The van der Waals surface area contributed by atoms with Crippen molar-refractivity contribution in [1.82, 2.24) is 9.62 Å². The summed E-state index contributed by atoms with van der Waals surface area (Å²) in [7, 11) is 8.46. The Morgan fingerprint density at radius 3 is 2.08 bits per heavy atom. The van der Waals surface area contributed by atoms with Crippen molar-refractivity contribution in [1.29, 1.82) is 0 Å². The van der Waals surface area contributed by atoms with Gasteiger partial charge in [-0.15, -0.1) is 0 Å². The first-order chi connectivity index (χ1) is 5.63. The molecule has 0 atom stereocenters. The van der Waals surface area contributed by atoms with Crippen LogP contribution in [0.2, 0.25) is 0 Å². The molecule has 0 saturated heterocycles. The third-order valence-corrected chi connectivity index (χ3v) is 2.11. The highest BCUT2D eigenvalue weighted by molar-refractivity contribution is 6.61. The molecule has 0 unspecified atom stereocenters. The molecule has 0 fully saturated rings. The summed E-state index contributed by atoms with van der Waals surface area (Å²) < 4.78 is 0. The van der Waals surface area contributed by atoms with Crippen molar-refractivity contribution >= 4 is 6.98 Å². The van der Waals surface area contributed by atoms with Gasteiger partial charge in [0.25, 0.3) is 0 Å². The maximum atomic E-state index is 2.23. The second kappa shape index (κ2) is 3.92. The first kappa shape index (κ1) is 9.55. The average Bonchev–Trinajstić information content (AvgIpc) is 2.37. The lowest BCUT2D eigenvalue weighted by atomic mass is 9.64. The maximum absolute atomic E-state index is 2.23. The predicted octanol–water partition coefficient (Wildman–Crippen LogP) is 1.02. The lowest BCUT2D eigenvalue weighted by molar-refractivity contribution is 0.524. The Hall–Kier alpha value is -0.535. The number of allylic oxidation sites excluding steroid dienone is 4. The second-order valence-electron chi connectivity index (χ2n) is 3.67. The molecule has 1 aliphatic carbocycles. The van der Waals surface area contributed by atoms with Gasteiger partial charge in [0.2, 0.25) is 0 Å². The quantitative estimate of drug-likeness (QED) is 0.574. The van der Waals surface area contributed by atoms with E-state index >= 15 is 0 Å². The molecule has 2 nitrogen and oxygen atoms in total. The van der Waals surface area contributed by atoms with Gasteiger partial charge in [0, 0.05) is 0 Å². The fraction of sp³-hybridized carbons (Fsp3) is 0.556. The van der Waals surface area contributed by atoms with Crippen molar-refractivity contribution in [2.45, 2.75) is 6.42 Å². The smallest absolute Gasteiger partial charge is 0.330 e. The Kier molecular flexibility index (Phi) is 3.12. The summed E-state index contributed by atoms with van der Waals surface area (Å²) in [4.78, 5) is 4.47. The number of rotatable bonds is 3. The summed E-state index contributed by atoms with van der Waals surface area (Å²) in [6.45, 7) is 0.444. The van der Waals surface area contributed by atoms with Crippen molar-refractivity contribution in [3.05, 3.63) is 23.7 Å². The highest BCUT2D eigenvalue weighted by atomic mass is 15.2. The molecule has 3 heteroatoms. The predicted molar refractivity (Wildman–Crippen MR) is 55.0 cm³/mol.